The minimum absolute atomic E-state index is 0.0915. The second kappa shape index (κ2) is 8.75. The number of fused-ring (bicyclic) bond motifs is 1. The Labute approximate surface area is 169 Å². The van der Waals surface area contributed by atoms with E-state index < -0.39 is 0 Å². The number of amides is 2. The van der Waals surface area contributed by atoms with Crippen molar-refractivity contribution in [1.82, 2.24) is 9.80 Å². The second-order valence-corrected chi connectivity index (χ2v) is 7.96. The fourth-order valence-corrected chi connectivity index (χ4v) is 4.43. The van der Waals surface area contributed by atoms with Crippen molar-refractivity contribution in [3.8, 4) is 5.75 Å². The Morgan fingerprint density at radius 1 is 1.00 bits per heavy atom. The number of para-hydroxylation sites is 2. The predicted molar refractivity (Wildman–Crippen MR) is 110 cm³/mol. The number of carbonyl (C=O) groups is 2. The highest BCUT2D eigenvalue weighted by Gasteiger charge is 2.26. The summed E-state index contributed by atoms with van der Waals surface area (Å²) in [6, 6.07) is 9.68. The Hall–Kier alpha value is -2.38. The smallest absolute Gasteiger partial charge is 0.241 e. The molecule has 2 aromatic rings. The van der Waals surface area contributed by atoms with E-state index in [2.05, 4.69) is 4.90 Å². The Balaban J connectivity index is 1.33. The fourth-order valence-electron chi connectivity index (χ4n) is 3.76. The molecule has 0 radical (unpaired) electrons. The van der Waals surface area contributed by atoms with Crippen LogP contribution in [0.3, 0.4) is 0 Å². The number of hydrogen-bond acceptors (Lipinski definition) is 5. The van der Waals surface area contributed by atoms with Crippen molar-refractivity contribution in [2.75, 3.05) is 50.8 Å². The lowest BCUT2D eigenvalue weighted by molar-refractivity contribution is -0.130. The van der Waals surface area contributed by atoms with E-state index in [-0.39, 0.29) is 11.8 Å². The maximum atomic E-state index is 12.9. The van der Waals surface area contributed by atoms with Crippen LogP contribution in [0.5, 0.6) is 5.75 Å². The molecule has 3 heterocycles. The normalized spacial score (nSPS) is 17.6. The van der Waals surface area contributed by atoms with Crippen LogP contribution in [0.25, 0.3) is 0 Å². The molecule has 0 saturated carbocycles. The molecule has 28 heavy (non-hydrogen) atoms. The number of nitrogens with zero attached hydrogens (tertiary/aromatic N) is 3. The van der Waals surface area contributed by atoms with Crippen LogP contribution >= 0.6 is 11.3 Å². The maximum absolute atomic E-state index is 12.9. The maximum Gasteiger partial charge on any atom is 0.241 e. The number of carbonyl (C=O) groups excluding carboxylic acids is 2. The van der Waals surface area contributed by atoms with Gasteiger partial charge in [-0.15, -0.1) is 0 Å². The summed E-state index contributed by atoms with van der Waals surface area (Å²) in [7, 11) is 0. The van der Waals surface area contributed by atoms with Crippen molar-refractivity contribution in [3.63, 3.8) is 0 Å². The zero-order valence-electron chi connectivity index (χ0n) is 15.9. The van der Waals surface area contributed by atoms with Crippen LogP contribution in [-0.2, 0) is 16.0 Å². The van der Waals surface area contributed by atoms with Crippen LogP contribution in [0.4, 0.5) is 5.69 Å². The molecule has 2 aliphatic heterocycles. The molecular formula is C21H25N3O3S. The van der Waals surface area contributed by atoms with E-state index >= 15 is 0 Å². The molecule has 0 atom stereocenters. The van der Waals surface area contributed by atoms with Crippen molar-refractivity contribution in [2.45, 2.75) is 12.8 Å². The van der Waals surface area contributed by atoms with Crippen LogP contribution in [-0.4, -0.2) is 67.5 Å². The molecule has 2 aliphatic rings. The number of anilines is 1. The number of hydrogen-bond donors (Lipinski definition) is 0. The van der Waals surface area contributed by atoms with Gasteiger partial charge in [0.25, 0.3) is 0 Å². The summed E-state index contributed by atoms with van der Waals surface area (Å²) >= 11 is 1.62. The Morgan fingerprint density at radius 2 is 1.89 bits per heavy atom. The van der Waals surface area contributed by atoms with Gasteiger partial charge in [-0.05, 0) is 40.9 Å². The number of rotatable bonds is 4. The minimum atomic E-state index is 0.0915. The summed E-state index contributed by atoms with van der Waals surface area (Å²) in [6.45, 7) is 4.47. The lowest BCUT2D eigenvalue weighted by Crippen LogP contribution is -2.45. The summed E-state index contributed by atoms with van der Waals surface area (Å²) in [5.74, 6) is 1.03. The van der Waals surface area contributed by atoms with Crippen LogP contribution < -0.4 is 9.64 Å². The molecule has 7 heteroatoms. The van der Waals surface area contributed by atoms with E-state index in [9.17, 15) is 9.59 Å². The molecule has 148 valence electrons. The third kappa shape index (κ3) is 4.36. The molecule has 0 bridgehead atoms. The molecule has 0 N–H and O–H groups in total. The number of benzene rings is 1. The van der Waals surface area contributed by atoms with E-state index in [0.29, 0.717) is 32.7 Å². The average molecular weight is 400 g/mol. The van der Waals surface area contributed by atoms with E-state index in [0.717, 1.165) is 43.1 Å². The standard InChI is InChI=1S/C21H25N3O3S/c25-20(14-17-6-13-28-16-17)23-8-3-7-22(9-10-23)15-21(26)24-11-12-27-19-5-2-1-4-18(19)24/h1-2,4-6,13,16H,3,7-12,14-15H2. The molecule has 1 fully saturated rings. The van der Waals surface area contributed by atoms with Gasteiger partial charge in [0.1, 0.15) is 12.4 Å². The molecule has 2 amide bonds. The van der Waals surface area contributed by atoms with Gasteiger partial charge in [0.15, 0.2) is 0 Å². The summed E-state index contributed by atoms with van der Waals surface area (Å²) < 4.78 is 5.65. The van der Waals surface area contributed by atoms with Crippen molar-refractivity contribution in [2.24, 2.45) is 0 Å². The Kier molecular flexibility index (Phi) is 5.92. The molecule has 0 aliphatic carbocycles. The third-order valence-corrected chi connectivity index (χ3v) is 6.00. The SMILES string of the molecule is O=C(Cc1ccsc1)N1CCCN(CC(=O)N2CCOc3ccccc32)CC1. The lowest BCUT2D eigenvalue weighted by atomic mass is 10.2. The highest BCUT2D eigenvalue weighted by atomic mass is 32.1. The largest absolute Gasteiger partial charge is 0.490 e. The summed E-state index contributed by atoms with van der Waals surface area (Å²) in [5.41, 5.74) is 1.93. The molecule has 0 unspecified atom stereocenters. The van der Waals surface area contributed by atoms with Crippen molar-refractivity contribution in [1.29, 1.82) is 0 Å². The van der Waals surface area contributed by atoms with E-state index in [1.165, 1.54) is 0 Å². The van der Waals surface area contributed by atoms with Gasteiger partial charge in [-0.2, -0.15) is 11.3 Å². The van der Waals surface area contributed by atoms with Crippen molar-refractivity contribution < 1.29 is 14.3 Å². The van der Waals surface area contributed by atoms with Gasteiger partial charge in [0.05, 0.1) is 25.2 Å². The van der Waals surface area contributed by atoms with Gasteiger partial charge >= 0.3 is 0 Å². The lowest BCUT2D eigenvalue weighted by Gasteiger charge is -2.31. The zero-order valence-corrected chi connectivity index (χ0v) is 16.7. The van der Waals surface area contributed by atoms with Crippen LogP contribution in [0.15, 0.2) is 41.1 Å². The number of ether oxygens (including phenoxy) is 1. The highest BCUT2D eigenvalue weighted by Crippen LogP contribution is 2.31. The van der Waals surface area contributed by atoms with Crippen molar-refractivity contribution >= 4 is 28.8 Å². The molecule has 4 rings (SSSR count). The second-order valence-electron chi connectivity index (χ2n) is 7.18. The van der Waals surface area contributed by atoms with Gasteiger partial charge in [-0.3, -0.25) is 14.5 Å². The Bertz CT molecular complexity index is 824. The predicted octanol–water partition coefficient (Wildman–Crippen LogP) is 2.25. The monoisotopic (exact) mass is 399 g/mol. The third-order valence-electron chi connectivity index (χ3n) is 5.27. The first kappa shape index (κ1) is 19.0. The quantitative estimate of drug-likeness (QED) is 0.791. The molecule has 1 saturated heterocycles. The van der Waals surface area contributed by atoms with Gasteiger partial charge in [-0.25, -0.2) is 0 Å². The van der Waals surface area contributed by atoms with Crippen LogP contribution in [0.2, 0.25) is 0 Å². The summed E-state index contributed by atoms with van der Waals surface area (Å²) in [5, 5.41) is 4.03. The first-order valence-corrected chi connectivity index (χ1v) is 10.7. The van der Waals surface area contributed by atoms with Gasteiger partial charge in [0.2, 0.25) is 11.8 Å². The zero-order chi connectivity index (χ0) is 19.3. The Morgan fingerprint density at radius 3 is 2.75 bits per heavy atom. The van der Waals surface area contributed by atoms with Crippen LogP contribution in [0.1, 0.15) is 12.0 Å². The van der Waals surface area contributed by atoms with Gasteiger partial charge in [0, 0.05) is 26.2 Å². The molecule has 1 aromatic carbocycles. The van der Waals surface area contributed by atoms with Gasteiger partial charge < -0.3 is 14.5 Å². The fraction of sp³-hybridized carbons (Fsp3) is 0.429. The minimum Gasteiger partial charge on any atom is -0.490 e. The first-order chi connectivity index (χ1) is 13.7. The topological polar surface area (TPSA) is 53.1 Å². The molecule has 1 aromatic heterocycles. The van der Waals surface area contributed by atoms with Crippen molar-refractivity contribution in [3.05, 3.63) is 46.7 Å². The van der Waals surface area contributed by atoms with Gasteiger partial charge in [-0.1, -0.05) is 12.1 Å². The first-order valence-electron chi connectivity index (χ1n) is 9.74. The number of thiophene rings is 1. The summed E-state index contributed by atoms with van der Waals surface area (Å²) in [6.07, 6.45) is 1.36. The van der Waals surface area contributed by atoms with E-state index in [1.807, 2.05) is 50.9 Å². The average Bonchev–Trinajstić information content (AvgIpc) is 3.11. The molecule has 6 nitrogen and oxygen atoms in total. The molecular weight excluding hydrogens is 374 g/mol. The van der Waals surface area contributed by atoms with Crippen LogP contribution in [0, 0.1) is 0 Å². The van der Waals surface area contributed by atoms with E-state index in [1.54, 1.807) is 11.3 Å². The van der Waals surface area contributed by atoms with E-state index in [4.69, 9.17) is 4.74 Å². The highest BCUT2D eigenvalue weighted by molar-refractivity contribution is 7.08. The summed E-state index contributed by atoms with van der Waals surface area (Å²) in [4.78, 5) is 31.4. The molecule has 0 spiro atoms.